The van der Waals surface area contributed by atoms with Gasteiger partial charge in [0.25, 0.3) is 31.7 Å². The Balaban J connectivity index is 0.716. The zero-order valence-electron chi connectivity index (χ0n) is 58.7. The number of nitrogens with zero attached hydrogens (tertiary/aromatic N) is 5. The summed E-state index contributed by atoms with van der Waals surface area (Å²) in [6.07, 6.45) is 3.86. The molecule has 5 N–H and O–H groups in total. The van der Waals surface area contributed by atoms with Gasteiger partial charge >= 0.3 is 5.51 Å². The normalized spacial score (nSPS) is 19.7. The van der Waals surface area contributed by atoms with Crippen molar-refractivity contribution >= 4 is 95.1 Å². The number of piperidine rings is 1. The number of allylic oxidation sites excluding steroid dienone is 1. The molecule has 3 aliphatic heterocycles. The smallest absolute Gasteiger partial charge is 0.493 e. The number of aryl methyl sites for hydroxylation is 1. The second kappa shape index (κ2) is 31.9. The molecular weight excluding hydrogens is 1430 g/mol. The monoisotopic (exact) mass is 1520 g/mol. The average molecular weight is 1520 g/mol. The number of hydrogen-bond donors (Lipinski definition) is 5. The van der Waals surface area contributed by atoms with E-state index in [1.807, 2.05) is 72.3 Å². The summed E-state index contributed by atoms with van der Waals surface area (Å²) in [5, 5.41) is 20.1. The molecule has 4 amide bonds. The Labute approximate surface area is 613 Å². The standard InChI is InChI=1S/C75H90ClF4N9O10S4/c1-48-66(101-47-82-48)52-12-13-53(42-81-69(92)63-39-58(90)44-89(63)70(93)67(72(2,3)4)84-71(94)74(77)29-30-74)64(38-52)99-45-49-25-31-86(32-26-49)33-27-56(46-100-59-10-8-7-9-11-59)83-62-23-22-60(40-65(62)102(95,96)75(78,79)80)103(97,98)85-68(91)51-16-20-57(21-17-51)88-36-34-87(35-37-88)43-54-41-73(5,6)28-24-61(54)50-14-18-55(76)19-15-50/h7-23,38,40,47,49,56,58,63,67,83,90H,24-37,39,41-46H2,1-6H3,(H,81,92)(H,84,94)(H,85,91)/t56-,58-,63+,67-/m1/s1. The van der Waals surface area contributed by atoms with Crippen LogP contribution in [0.5, 0.6) is 5.75 Å². The molecule has 0 unspecified atom stereocenters. The maximum absolute atomic E-state index is 14.8. The van der Waals surface area contributed by atoms with E-state index in [-0.39, 0.29) is 55.0 Å². The largest absolute Gasteiger partial charge is 0.501 e. The zero-order valence-corrected chi connectivity index (χ0v) is 62.7. The van der Waals surface area contributed by atoms with Crippen molar-refractivity contribution in [3.63, 3.8) is 0 Å². The molecule has 3 saturated heterocycles. The van der Waals surface area contributed by atoms with Gasteiger partial charge in [0.15, 0.2) is 5.67 Å². The summed E-state index contributed by atoms with van der Waals surface area (Å²) >= 11 is 9.11. The van der Waals surface area contributed by atoms with Gasteiger partial charge in [-0.15, -0.1) is 23.1 Å². The number of ether oxygens (including phenoxy) is 1. The number of carbonyl (C=O) groups excluding carboxylic acids is 4. The Bertz CT molecular complexity index is 4310. The predicted molar refractivity (Wildman–Crippen MR) is 394 cm³/mol. The van der Waals surface area contributed by atoms with Crippen LogP contribution < -0.4 is 30.3 Å². The highest BCUT2D eigenvalue weighted by Gasteiger charge is 2.54. The van der Waals surface area contributed by atoms with Crippen LogP contribution >= 0.6 is 34.7 Å². The van der Waals surface area contributed by atoms with Gasteiger partial charge in [-0.3, -0.25) is 24.1 Å². The molecule has 103 heavy (non-hydrogen) atoms. The fourth-order valence-electron chi connectivity index (χ4n) is 13.8. The van der Waals surface area contributed by atoms with Crippen molar-refractivity contribution in [2.45, 2.75) is 156 Å². The van der Waals surface area contributed by atoms with Crippen LogP contribution in [-0.4, -0.2) is 172 Å². The molecule has 1 saturated carbocycles. The Morgan fingerprint density at radius 3 is 2.18 bits per heavy atom. The van der Waals surface area contributed by atoms with Crippen molar-refractivity contribution in [1.82, 2.24) is 35.0 Å². The number of aromatic nitrogens is 1. The predicted octanol–water partition coefficient (Wildman–Crippen LogP) is 12.3. The quantitative estimate of drug-likeness (QED) is 0.0251. The summed E-state index contributed by atoms with van der Waals surface area (Å²) in [6, 6.07) is 28.8. The van der Waals surface area contributed by atoms with Crippen molar-refractivity contribution in [2.75, 3.05) is 81.5 Å². The number of amides is 4. The first-order chi connectivity index (χ1) is 48.7. The molecule has 4 heterocycles. The minimum atomic E-state index is -6.19. The number of thiazole rings is 1. The van der Waals surface area contributed by atoms with Gasteiger partial charge in [-0.25, -0.2) is 30.9 Å². The Hall–Kier alpha value is -7.11. The molecule has 19 nitrogen and oxygen atoms in total. The number of alkyl halides is 4. The summed E-state index contributed by atoms with van der Waals surface area (Å²) in [5.41, 5.74) is -0.161. The van der Waals surface area contributed by atoms with E-state index in [0.29, 0.717) is 81.0 Å². The molecular formula is C75H90ClF4N9O10S4. The lowest BCUT2D eigenvalue weighted by molar-refractivity contribution is -0.145. The summed E-state index contributed by atoms with van der Waals surface area (Å²) in [4.78, 5) is 66.8. The minimum absolute atomic E-state index is 0.00142. The van der Waals surface area contributed by atoms with Gasteiger partial charge in [0, 0.05) is 97.3 Å². The highest BCUT2D eigenvalue weighted by Crippen LogP contribution is 2.45. The average Bonchev–Trinajstić information content (AvgIpc) is 0.925. The van der Waals surface area contributed by atoms with Crippen molar-refractivity contribution < 1.29 is 63.4 Å². The van der Waals surface area contributed by atoms with E-state index in [2.05, 4.69) is 61.6 Å². The van der Waals surface area contributed by atoms with Crippen LogP contribution in [0.4, 0.5) is 28.9 Å². The number of thioether (sulfide) groups is 1. The first-order valence-corrected chi connectivity index (χ1v) is 40.1. The number of likely N-dealkylation sites (tertiary alicyclic amines) is 2. The number of hydrogen-bond acceptors (Lipinski definition) is 17. The van der Waals surface area contributed by atoms with Crippen LogP contribution in [0.15, 0.2) is 141 Å². The number of piperazine rings is 1. The lowest BCUT2D eigenvalue weighted by atomic mass is 9.73. The summed E-state index contributed by atoms with van der Waals surface area (Å²) in [7, 11) is -11.1. The fraction of sp³-hybridized carbons (Fsp3) is 0.480. The SMILES string of the molecule is Cc1ncsc1-c1ccc(CNC(=O)[C@@H]2C[C@@H](O)CN2C(=O)[C@@H](NC(=O)C2(F)CC2)C(C)(C)C)c(OCC2CCN(CC[C@H](CSc3ccccc3)Nc3ccc(S(=O)(=O)NC(=O)c4ccc(N5CCN(CC6=C(c7ccc(Cl)cc7)CCC(C)(C)C6)CC5)cc4)cc3S(=O)(=O)C(F)(F)F)CC2)c1. The highest BCUT2D eigenvalue weighted by atomic mass is 35.5. The van der Waals surface area contributed by atoms with Crippen molar-refractivity contribution in [1.29, 1.82) is 0 Å². The number of aliphatic hydroxyl groups excluding tert-OH is 1. The number of carbonyl (C=O) groups is 4. The number of β-amino-alcohol motifs (C(OH)–C–C–N with tert-alkyl or cyclic N) is 1. The van der Waals surface area contributed by atoms with Crippen molar-refractivity contribution in [3.05, 3.63) is 154 Å². The number of halogens is 5. The van der Waals surface area contributed by atoms with Crippen LogP contribution in [0.2, 0.25) is 5.02 Å². The van der Waals surface area contributed by atoms with E-state index in [4.69, 9.17) is 16.3 Å². The number of aliphatic hydroxyl groups is 1. The van der Waals surface area contributed by atoms with E-state index in [1.165, 1.54) is 56.8 Å². The van der Waals surface area contributed by atoms with Gasteiger partial charge in [0.1, 0.15) is 22.7 Å². The first-order valence-electron chi connectivity index (χ1n) is 34.9. The van der Waals surface area contributed by atoms with Gasteiger partial charge < -0.3 is 40.5 Å². The second-order valence-electron chi connectivity index (χ2n) is 29.6. The lowest BCUT2D eigenvalue weighted by Crippen LogP contribution is -2.59. The topological polar surface area (TPSA) is 240 Å². The summed E-state index contributed by atoms with van der Waals surface area (Å²) in [6.45, 7) is 17.4. The van der Waals surface area contributed by atoms with E-state index < -0.39 is 99.8 Å². The molecule has 6 aromatic rings. The maximum atomic E-state index is 14.8. The minimum Gasteiger partial charge on any atom is -0.493 e. The fourth-order valence-corrected chi connectivity index (χ4v) is 17.8. The van der Waals surface area contributed by atoms with Gasteiger partial charge in [-0.2, -0.15) is 13.2 Å². The van der Waals surface area contributed by atoms with Crippen molar-refractivity contribution in [2.24, 2.45) is 16.7 Å². The summed E-state index contributed by atoms with van der Waals surface area (Å²) < 4.78 is 122. The number of benzene rings is 5. The molecule has 4 fully saturated rings. The van der Waals surface area contributed by atoms with Crippen LogP contribution in [0.1, 0.15) is 120 Å². The first kappa shape index (κ1) is 77.0. The van der Waals surface area contributed by atoms with Crippen LogP contribution in [-0.2, 0) is 40.8 Å². The third-order valence-electron chi connectivity index (χ3n) is 20.1. The van der Waals surface area contributed by atoms with Gasteiger partial charge in [0.2, 0.25) is 11.8 Å². The second-order valence-corrected chi connectivity index (χ2v) is 35.5. The lowest BCUT2D eigenvalue weighted by Gasteiger charge is -2.39. The maximum Gasteiger partial charge on any atom is 0.501 e. The van der Waals surface area contributed by atoms with E-state index >= 15 is 0 Å². The molecule has 554 valence electrons. The van der Waals surface area contributed by atoms with Crippen LogP contribution in [0.25, 0.3) is 16.0 Å². The molecule has 0 bridgehead atoms. The van der Waals surface area contributed by atoms with Crippen LogP contribution in [0.3, 0.4) is 0 Å². The molecule has 0 radical (unpaired) electrons. The number of sulfone groups is 1. The van der Waals surface area contributed by atoms with Gasteiger partial charge in [0.05, 0.1) is 39.4 Å². The van der Waals surface area contributed by atoms with Crippen molar-refractivity contribution in [3.8, 4) is 16.2 Å². The van der Waals surface area contributed by atoms with Crippen LogP contribution in [0, 0.1) is 23.7 Å². The van der Waals surface area contributed by atoms with Gasteiger partial charge in [-0.05, 0) is 178 Å². The Kier molecular flexibility index (Phi) is 23.9. The molecule has 2 aliphatic carbocycles. The number of nitrogens with one attached hydrogen (secondary N) is 4. The number of sulfonamides is 1. The molecule has 4 atom stereocenters. The third kappa shape index (κ3) is 19.1. The van der Waals surface area contributed by atoms with E-state index in [1.54, 1.807) is 38.4 Å². The Morgan fingerprint density at radius 1 is 0.845 bits per heavy atom. The molecule has 28 heteroatoms. The molecule has 0 spiro atoms. The third-order valence-corrected chi connectivity index (χ3v) is 25.4. The zero-order chi connectivity index (χ0) is 73.8. The molecule has 11 rings (SSSR count). The molecule has 5 aliphatic rings. The van der Waals surface area contributed by atoms with E-state index in [0.717, 1.165) is 77.7 Å². The van der Waals surface area contributed by atoms with E-state index in [9.17, 15) is 58.7 Å². The molecule has 5 aromatic carbocycles. The number of anilines is 2. The Morgan fingerprint density at radius 2 is 1.53 bits per heavy atom. The molecule has 1 aromatic heterocycles. The van der Waals surface area contributed by atoms with Gasteiger partial charge in [-0.1, -0.05) is 94.3 Å². The summed E-state index contributed by atoms with van der Waals surface area (Å²) in [5.74, 6) is -2.21. The highest BCUT2D eigenvalue weighted by molar-refractivity contribution is 7.99. The number of rotatable bonds is 26.